The van der Waals surface area contributed by atoms with Gasteiger partial charge in [0.15, 0.2) is 0 Å². The van der Waals surface area contributed by atoms with Crippen molar-refractivity contribution in [2.24, 2.45) is 5.10 Å². The monoisotopic (exact) mass is 247 g/mol. The summed E-state index contributed by atoms with van der Waals surface area (Å²) >= 11 is 0. The van der Waals surface area contributed by atoms with Crippen LogP contribution in [0.3, 0.4) is 0 Å². The molecule has 2 rings (SSSR count). The van der Waals surface area contributed by atoms with Gasteiger partial charge in [0, 0.05) is 7.05 Å². The Morgan fingerprint density at radius 1 is 1.50 bits per heavy atom. The SMILES string of the molecule is CN(/N=C/c1ccccc1)C(=O)[C@H]1COC(=O)N1. The second-order valence-corrected chi connectivity index (χ2v) is 3.81. The van der Waals surface area contributed by atoms with Crippen LogP contribution in [0.15, 0.2) is 35.4 Å². The van der Waals surface area contributed by atoms with Crippen LogP contribution in [0.4, 0.5) is 4.79 Å². The highest BCUT2D eigenvalue weighted by atomic mass is 16.6. The highest BCUT2D eigenvalue weighted by molar-refractivity contribution is 5.88. The number of hydrogen-bond donors (Lipinski definition) is 1. The molecule has 0 unspecified atom stereocenters. The molecule has 0 radical (unpaired) electrons. The van der Waals surface area contributed by atoms with Crippen LogP contribution in [-0.4, -0.2) is 42.9 Å². The molecule has 18 heavy (non-hydrogen) atoms. The standard InChI is InChI=1S/C12H13N3O3/c1-15(11(16)10-8-18-12(17)14-10)13-7-9-5-3-2-4-6-9/h2-7,10H,8H2,1H3,(H,14,17)/b13-7+/t10-/m1/s1. The highest BCUT2D eigenvalue weighted by Gasteiger charge is 2.30. The lowest BCUT2D eigenvalue weighted by molar-refractivity contribution is -0.131. The number of hydrogen-bond acceptors (Lipinski definition) is 4. The molecule has 1 aliphatic heterocycles. The number of nitrogens with zero attached hydrogens (tertiary/aromatic N) is 2. The fraction of sp³-hybridized carbons (Fsp3) is 0.250. The maximum absolute atomic E-state index is 11.8. The predicted octanol–water partition coefficient (Wildman–Crippen LogP) is 0.587. The second-order valence-electron chi connectivity index (χ2n) is 3.81. The minimum absolute atomic E-state index is 0.0445. The zero-order chi connectivity index (χ0) is 13.0. The van der Waals surface area contributed by atoms with Gasteiger partial charge in [-0.05, 0) is 5.56 Å². The summed E-state index contributed by atoms with van der Waals surface area (Å²) in [5.41, 5.74) is 0.892. The van der Waals surface area contributed by atoms with Crippen molar-refractivity contribution in [2.45, 2.75) is 6.04 Å². The molecular formula is C12H13N3O3. The second kappa shape index (κ2) is 5.31. The number of alkyl carbamates (subject to hydrolysis) is 1. The van der Waals surface area contributed by atoms with Gasteiger partial charge in [-0.1, -0.05) is 30.3 Å². The molecule has 0 aliphatic carbocycles. The Labute approximate surface area is 104 Å². The van der Waals surface area contributed by atoms with E-state index in [0.717, 1.165) is 5.56 Å². The number of rotatable bonds is 3. The Hall–Kier alpha value is -2.37. The Balaban J connectivity index is 1.95. The molecule has 6 nitrogen and oxygen atoms in total. The lowest BCUT2D eigenvalue weighted by atomic mass is 10.2. The van der Waals surface area contributed by atoms with Crippen molar-refractivity contribution in [2.75, 3.05) is 13.7 Å². The van der Waals surface area contributed by atoms with Gasteiger partial charge in [-0.25, -0.2) is 9.80 Å². The molecule has 1 atom stereocenters. The van der Waals surface area contributed by atoms with Crippen LogP contribution in [0, 0.1) is 0 Å². The molecule has 1 fully saturated rings. The molecule has 0 aromatic heterocycles. The highest BCUT2D eigenvalue weighted by Crippen LogP contribution is 2.02. The normalized spacial score (nSPS) is 18.5. The number of likely N-dealkylation sites (N-methyl/N-ethyl adjacent to an activating group) is 1. The number of hydrazone groups is 1. The average Bonchev–Trinajstić information content (AvgIpc) is 2.83. The molecule has 1 heterocycles. The van der Waals surface area contributed by atoms with E-state index in [1.807, 2.05) is 30.3 Å². The van der Waals surface area contributed by atoms with E-state index in [4.69, 9.17) is 0 Å². The zero-order valence-electron chi connectivity index (χ0n) is 9.87. The lowest BCUT2D eigenvalue weighted by Gasteiger charge is -2.13. The van der Waals surface area contributed by atoms with Gasteiger partial charge in [-0.15, -0.1) is 0 Å². The van der Waals surface area contributed by atoms with Crippen molar-refractivity contribution in [1.29, 1.82) is 0 Å². The van der Waals surface area contributed by atoms with Crippen molar-refractivity contribution in [3.63, 3.8) is 0 Å². The average molecular weight is 247 g/mol. The van der Waals surface area contributed by atoms with Gasteiger partial charge < -0.3 is 10.1 Å². The van der Waals surface area contributed by atoms with E-state index in [1.54, 1.807) is 6.21 Å². The Morgan fingerprint density at radius 3 is 2.83 bits per heavy atom. The van der Waals surface area contributed by atoms with Crippen LogP contribution in [0.2, 0.25) is 0 Å². The van der Waals surface area contributed by atoms with E-state index < -0.39 is 12.1 Å². The molecule has 2 amide bonds. The van der Waals surface area contributed by atoms with Crippen LogP contribution in [-0.2, 0) is 9.53 Å². The number of carbonyl (C=O) groups excluding carboxylic acids is 2. The van der Waals surface area contributed by atoms with Crippen LogP contribution in [0.1, 0.15) is 5.56 Å². The molecule has 1 aromatic carbocycles. The molecule has 1 aliphatic rings. The minimum atomic E-state index is -0.657. The topological polar surface area (TPSA) is 71.0 Å². The molecule has 0 spiro atoms. The van der Waals surface area contributed by atoms with Crippen LogP contribution in [0.5, 0.6) is 0 Å². The summed E-state index contributed by atoms with van der Waals surface area (Å²) in [5.74, 6) is -0.312. The van der Waals surface area contributed by atoms with E-state index in [2.05, 4.69) is 15.2 Å². The number of carbonyl (C=O) groups is 2. The molecule has 94 valence electrons. The quantitative estimate of drug-likeness (QED) is 0.627. The summed E-state index contributed by atoms with van der Waals surface area (Å²) in [4.78, 5) is 22.6. The molecule has 1 saturated heterocycles. The van der Waals surface area contributed by atoms with Gasteiger partial charge in [0.1, 0.15) is 12.6 Å². The number of amides is 2. The van der Waals surface area contributed by atoms with Crippen LogP contribution >= 0.6 is 0 Å². The Morgan fingerprint density at radius 2 is 2.22 bits per heavy atom. The van der Waals surface area contributed by atoms with E-state index >= 15 is 0 Å². The first-order valence-electron chi connectivity index (χ1n) is 5.47. The summed E-state index contributed by atoms with van der Waals surface area (Å²) in [6.45, 7) is 0.0445. The van der Waals surface area contributed by atoms with Crippen LogP contribution in [0.25, 0.3) is 0 Å². The fourth-order valence-corrected chi connectivity index (χ4v) is 1.49. The summed E-state index contributed by atoms with van der Waals surface area (Å²) in [6, 6.07) is 8.76. The molecule has 6 heteroatoms. The third-order valence-corrected chi connectivity index (χ3v) is 2.47. The molecular weight excluding hydrogens is 234 g/mol. The number of ether oxygens (including phenoxy) is 1. The van der Waals surface area contributed by atoms with Crippen molar-refractivity contribution in [3.8, 4) is 0 Å². The van der Waals surface area contributed by atoms with E-state index in [-0.39, 0.29) is 12.5 Å². The summed E-state index contributed by atoms with van der Waals surface area (Å²) in [5, 5.41) is 7.61. The first kappa shape index (κ1) is 12.1. The van der Waals surface area contributed by atoms with Crippen molar-refractivity contribution in [1.82, 2.24) is 10.3 Å². The first-order chi connectivity index (χ1) is 8.66. The summed E-state index contributed by atoms with van der Waals surface area (Å²) in [6.07, 6.45) is 1.00. The van der Waals surface area contributed by atoms with Gasteiger partial charge in [0.2, 0.25) is 0 Å². The third kappa shape index (κ3) is 2.85. The molecule has 1 N–H and O–H groups in total. The Kier molecular flexibility index (Phi) is 3.57. The summed E-state index contributed by atoms with van der Waals surface area (Å²) in [7, 11) is 1.53. The summed E-state index contributed by atoms with van der Waals surface area (Å²) < 4.78 is 4.65. The van der Waals surface area contributed by atoms with Crippen molar-refractivity contribution >= 4 is 18.2 Å². The number of benzene rings is 1. The fourth-order valence-electron chi connectivity index (χ4n) is 1.49. The van der Waals surface area contributed by atoms with E-state index in [1.165, 1.54) is 12.1 Å². The van der Waals surface area contributed by atoms with Gasteiger partial charge in [0.05, 0.1) is 6.21 Å². The first-order valence-corrected chi connectivity index (χ1v) is 5.47. The maximum Gasteiger partial charge on any atom is 0.407 e. The zero-order valence-corrected chi connectivity index (χ0v) is 9.87. The largest absolute Gasteiger partial charge is 0.447 e. The Bertz CT molecular complexity index is 473. The number of cyclic esters (lactones) is 1. The van der Waals surface area contributed by atoms with E-state index in [0.29, 0.717) is 0 Å². The smallest absolute Gasteiger partial charge is 0.407 e. The minimum Gasteiger partial charge on any atom is -0.447 e. The molecule has 0 bridgehead atoms. The van der Waals surface area contributed by atoms with Gasteiger partial charge in [-0.3, -0.25) is 4.79 Å². The molecule has 1 aromatic rings. The van der Waals surface area contributed by atoms with Gasteiger partial charge in [-0.2, -0.15) is 5.10 Å². The predicted molar refractivity (Wildman–Crippen MR) is 65.1 cm³/mol. The lowest BCUT2D eigenvalue weighted by Crippen LogP contribution is -2.41. The van der Waals surface area contributed by atoms with Crippen molar-refractivity contribution < 1.29 is 14.3 Å². The van der Waals surface area contributed by atoms with E-state index in [9.17, 15) is 9.59 Å². The van der Waals surface area contributed by atoms with Gasteiger partial charge >= 0.3 is 6.09 Å². The third-order valence-electron chi connectivity index (χ3n) is 2.47. The van der Waals surface area contributed by atoms with Gasteiger partial charge in [0.25, 0.3) is 5.91 Å². The maximum atomic E-state index is 11.8. The molecule has 0 saturated carbocycles. The van der Waals surface area contributed by atoms with Crippen molar-refractivity contribution in [3.05, 3.63) is 35.9 Å². The van der Waals surface area contributed by atoms with Crippen LogP contribution < -0.4 is 5.32 Å². The number of nitrogens with one attached hydrogen (secondary N) is 1.